The standard InChI is InChI=1S/C15H14F3N3OS/c1-7(11(6-22)23-2)21-14-8(4-19)5-20-15-9(14)3-10(16)12(17)13(15)18/h3,5,7,11,22H,6H2,1-2H3,(H,20,21)/t7-,11+/m0/s1. The molecule has 0 fully saturated rings. The van der Waals surface area contributed by atoms with Crippen molar-refractivity contribution >= 4 is 28.4 Å². The molecule has 0 aliphatic rings. The Hall–Kier alpha value is -1.98. The number of aliphatic hydroxyl groups excluding tert-OH is 1. The third-order valence-corrected chi connectivity index (χ3v) is 4.69. The minimum atomic E-state index is -1.61. The summed E-state index contributed by atoms with van der Waals surface area (Å²) in [4.78, 5) is 3.71. The molecule has 0 unspecified atom stereocenters. The minimum Gasteiger partial charge on any atom is -0.395 e. The zero-order valence-corrected chi connectivity index (χ0v) is 13.2. The molecule has 0 aliphatic carbocycles. The smallest absolute Gasteiger partial charge is 0.196 e. The van der Waals surface area contributed by atoms with E-state index in [1.165, 1.54) is 11.8 Å². The molecular formula is C15H14F3N3OS. The zero-order valence-electron chi connectivity index (χ0n) is 12.4. The second kappa shape index (κ2) is 7.06. The van der Waals surface area contributed by atoms with Crippen LogP contribution in [-0.2, 0) is 0 Å². The highest BCUT2D eigenvalue weighted by molar-refractivity contribution is 7.99. The van der Waals surface area contributed by atoms with Gasteiger partial charge in [0.15, 0.2) is 17.5 Å². The molecule has 23 heavy (non-hydrogen) atoms. The van der Waals surface area contributed by atoms with Crippen LogP contribution in [0.25, 0.3) is 10.9 Å². The SMILES string of the molecule is CS[C@H](CO)[C@H](C)Nc1c(C#N)cnc2c(F)c(F)c(F)cc12. The number of aromatic nitrogens is 1. The average molecular weight is 341 g/mol. The van der Waals surface area contributed by atoms with Crippen molar-refractivity contribution in [1.82, 2.24) is 4.98 Å². The van der Waals surface area contributed by atoms with Gasteiger partial charge in [-0.3, -0.25) is 4.98 Å². The number of pyridine rings is 1. The number of nitrogens with zero attached hydrogens (tertiary/aromatic N) is 2. The molecule has 0 saturated carbocycles. The Balaban J connectivity index is 2.63. The number of nitrogens with one attached hydrogen (secondary N) is 1. The lowest BCUT2D eigenvalue weighted by Gasteiger charge is -2.23. The number of rotatable bonds is 5. The fourth-order valence-corrected chi connectivity index (χ4v) is 2.86. The van der Waals surface area contributed by atoms with E-state index in [2.05, 4.69) is 10.3 Å². The van der Waals surface area contributed by atoms with Gasteiger partial charge in [-0.2, -0.15) is 17.0 Å². The van der Waals surface area contributed by atoms with Gasteiger partial charge in [0.1, 0.15) is 11.6 Å². The number of aliphatic hydroxyl groups is 1. The van der Waals surface area contributed by atoms with Crippen LogP contribution in [0.15, 0.2) is 12.3 Å². The second-order valence-electron chi connectivity index (χ2n) is 4.93. The molecule has 1 aromatic carbocycles. The summed E-state index contributed by atoms with van der Waals surface area (Å²) in [7, 11) is 0. The van der Waals surface area contributed by atoms with Crippen LogP contribution in [0.1, 0.15) is 12.5 Å². The summed E-state index contributed by atoms with van der Waals surface area (Å²) in [6.45, 7) is 1.65. The Morgan fingerprint density at radius 2 is 2.09 bits per heavy atom. The maximum absolute atomic E-state index is 13.9. The van der Waals surface area contributed by atoms with Gasteiger partial charge in [0.25, 0.3) is 0 Å². The first kappa shape index (κ1) is 17.4. The molecule has 122 valence electrons. The monoisotopic (exact) mass is 341 g/mol. The Morgan fingerprint density at radius 1 is 1.39 bits per heavy atom. The maximum Gasteiger partial charge on any atom is 0.196 e. The van der Waals surface area contributed by atoms with Gasteiger partial charge in [-0.05, 0) is 19.2 Å². The van der Waals surface area contributed by atoms with Gasteiger partial charge >= 0.3 is 0 Å². The van der Waals surface area contributed by atoms with Crippen molar-refractivity contribution in [2.45, 2.75) is 18.2 Å². The van der Waals surface area contributed by atoms with Crippen LogP contribution in [0.2, 0.25) is 0 Å². The van der Waals surface area contributed by atoms with E-state index in [9.17, 15) is 23.5 Å². The first-order chi connectivity index (χ1) is 10.9. The molecule has 0 amide bonds. The molecule has 1 aromatic heterocycles. The summed E-state index contributed by atoms with van der Waals surface area (Å²) in [5.74, 6) is -4.36. The Kier molecular flexibility index (Phi) is 5.34. The van der Waals surface area contributed by atoms with Crippen molar-refractivity contribution in [2.24, 2.45) is 0 Å². The topological polar surface area (TPSA) is 68.9 Å². The molecule has 2 atom stereocenters. The first-order valence-corrected chi connectivity index (χ1v) is 7.99. The predicted octanol–water partition coefficient (Wildman–Crippen LogP) is 3.05. The van der Waals surface area contributed by atoms with Crippen LogP contribution in [0, 0.1) is 28.8 Å². The lowest BCUT2D eigenvalue weighted by atomic mass is 10.1. The molecule has 4 nitrogen and oxygen atoms in total. The molecule has 0 saturated heterocycles. The number of halogens is 3. The van der Waals surface area contributed by atoms with E-state index in [0.717, 1.165) is 12.3 Å². The minimum absolute atomic E-state index is 0.0231. The van der Waals surface area contributed by atoms with Gasteiger partial charge in [0.05, 0.1) is 17.9 Å². The van der Waals surface area contributed by atoms with Crippen molar-refractivity contribution in [1.29, 1.82) is 5.26 Å². The van der Waals surface area contributed by atoms with Gasteiger partial charge in [-0.25, -0.2) is 13.2 Å². The van der Waals surface area contributed by atoms with E-state index in [4.69, 9.17) is 0 Å². The summed E-state index contributed by atoms with van der Waals surface area (Å²) in [5, 5.41) is 21.3. The van der Waals surface area contributed by atoms with Crippen LogP contribution in [0.3, 0.4) is 0 Å². The summed E-state index contributed by atoms with van der Waals surface area (Å²) in [5.41, 5.74) is -0.120. The molecule has 0 bridgehead atoms. The third kappa shape index (κ3) is 3.21. The van der Waals surface area contributed by atoms with E-state index in [1.54, 1.807) is 6.92 Å². The number of hydrogen-bond acceptors (Lipinski definition) is 5. The van der Waals surface area contributed by atoms with Gasteiger partial charge < -0.3 is 10.4 Å². The van der Waals surface area contributed by atoms with Gasteiger partial charge in [0.2, 0.25) is 0 Å². The van der Waals surface area contributed by atoms with E-state index in [0.29, 0.717) is 0 Å². The van der Waals surface area contributed by atoms with Crippen molar-refractivity contribution < 1.29 is 18.3 Å². The summed E-state index contributed by atoms with van der Waals surface area (Å²) in [6.07, 6.45) is 2.91. The van der Waals surface area contributed by atoms with Gasteiger partial charge in [-0.1, -0.05) is 0 Å². The number of benzene rings is 1. The first-order valence-electron chi connectivity index (χ1n) is 6.71. The molecule has 0 aliphatic heterocycles. The van der Waals surface area contributed by atoms with Crippen LogP contribution in [0.4, 0.5) is 18.9 Å². The quantitative estimate of drug-likeness (QED) is 0.818. The predicted molar refractivity (Wildman–Crippen MR) is 83.8 cm³/mol. The van der Waals surface area contributed by atoms with Crippen LogP contribution < -0.4 is 5.32 Å². The highest BCUT2D eigenvalue weighted by atomic mass is 32.2. The lowest BCUT2D eigenvalue weighted by molar-refractivity contribution is 0.288. The number of thioether (sulfide) groups is 1. The zero-order chi connectivity index (χ0) is 17.1. The fraction of sp³-hybridized carbons (Fsp3) is 0.333. The Labute approximate surface area is 135 Å². The molecule has 8 heteroatoms. The molecule has 2 rings (SSSR count). The number of hydrogen-bond donors (Lipinski definition) is 2. The van der Waals surface area contributed by atoms with Crippen molar-refractivity contribution in [3.05, 3.63) is 35.3 Å². The van der Waals surface area contributed by atoms with Crippen molar-refractivity contribution in [3.63, 3.8) is 0 Å². The Bertz CT molecular complexity index is 775. The summed E-state index contributed by atoms with van der Waals surface area (Å²) >= 11 is 1.41. The summed E-state index contributed by atoms with van der Waals surface area (Å²) in [6, 6.07) is 2.40. The van der Waals surface area contributed by atoms with Crippen molar-refractivity contribution in [2.75, 3.05) is 18.2 Å². The van der Waals surface area contributed by atoms with Crippen LogP contribution in [0.5, 0.6) is 0 Å². The fourth-order valence-electron chi connectivity index (χ4n) is 2.24. The number of nitriles is 1. The Morgan fingerprint density at radius 3 is 2.65 bits per heavy atom. The lowest BCUT2D eigenvalue weighted by Crippen LogP contribution is -2.31. The molecular weight excluding hydrogens is 327 g/mol. The second-order valence-corrected chi connectivity index (χ2v) is 6.01. The van der Waals surface area contributed by atoms with E-state index >= 15 is 0 Å². The van der Waals surface area contributed by atoms with Crippen LogP contribution >= 0.6 is 11.8 Å². The normalized spacial score (nSPS) is 13.6. The largest absolute Gasteiger partial charge is 0.395 e. The molecule has 0 radical (unpaired) electrons. The molecule has 0 spiro atoms. The average Bonchev–Trinajstić information content (AvgIpc) is 2.54. The highest BCUT2D eigenvalue weighted by Crippen LogP contribution is 2.31. The molecule has 1 heterocycles. The maximum atomic E-state index is 13.9. The van der Waals surface area contributed by atoms with Gasteiger partial charge in [0, 0.05) is 22.9 Å². The number of fused-ring (bicyclic) bond motifs is 1. The highest BCUT2D eigenvalue weighted by Gasteiger charge is 2.22. The van der Waals surface area contributed by atoms with E-state index in [1.807, 2.05) is 12.3 Å². The molecule has 2 aromatic rings. The molecule has 2 N–H and O–H groups in total. The number of anilines is 1. The van der Waals surface area contributed by atoms with E-state index < -0.39 is 17.5 Å². The third-order valence-electron chi connectivity index (χ3n) is 3.53. The summed E-state index contributed by atoms with van der Waals surface area (Å²) < 4.78 is 40.8. The van der Waals surface area contributed by atoms with Crippen LogP contribution in [-0.4, -0.2) is 34.2 Å². The van der Waals surface area contributed by atoms with E-state index in [-0.39, 0.29) is 40.1 Å². The van der Waals surface area contributed by atoms with Gasteiger partial charge in [-0.15, -0.1) is 0 Å². The van der Waals surface area contributed by atoms with Crippen molar-refractivity contribution in [3.8, 4) is 6.07 Å².